The van der Waals surface area contributed by atoms with Gasteiger partial charge < -0.3 is 9.15 Å². The molecule has 5 aromatic rings. The van der Waals surface area contributed by atoms with E-state index in [9.17, 15) is 0 Å². The van der Waals surface area contributed by atoms with Crippen molar-refractivity contribution in [3.05, 3.63) is 102 Å². The minimum atomic E-state index is 0.329. The van der Waals surface area contributed by atoms with Crippen LogP contribution in [0.2, 0.25) is 0 Å². The normalized spacial score (nSPS) is 11.3. The number of benzene rings is 2. The molecule has 3 heterocycles. The number of hydrogen-bond donors (Lipinski definition) is 0. The molecule has 0 saturated heterocycles. The summed E-state index contributed by atoms with van der Waals surface area (Å²) in [4.78, 5) is 6.10. The maximum atomic E-state index is 5.88. The lowest BCUT2D eigenvalue weighted by Crippen LogP contribution is -2.01. The first-order chi connectivity index (χ1) is 17.2. The molecular formula is C26H25N7O2. The molecule has 0 aliphatic rings. The Morgan fingerprint density at radius 1 is 1.00 bits per heavy atom. The lowest BCUT2D eigenvalue weighted by molar-refractivity contribution is 0.301. The van der Waals surface area contributed by atoms with Gasteiger partial charge in [0.05, 0.1) is 24.3 Å². The van der Waals surface area contributed by atoms with E-state index >= 15 is 0 Å². The molecule has 35 heavy (non-hydrogen) atoms. The van der Waals surface area contributed by atoms with Gasteiger partial charge in [-0.2, -0.15) is 15.0 Å². The largest absolute Gasteiger partial charge is 0.487 e. The number of ether oxygens (including phenoxy) is 1. The van der Waals surface area contributed by atoms with Gasteiger partial charge in [-0.25, -0.2) is 4.98 Å². The van der Waals surface area contributed by atoms with E-state index in [1.807, 2.05) is 60.3 Å². The van der Waals surface area contributed by atoms with Crippen LogP contribution in [0.15, 0.2) is 77.9 Å². The highest BCUT2D eigenvalue weighted by molar-refractivity contribution is 5.71. The second-order valence-electron chi connectivity index (χ2n) is 8.09. The van der Waals surface area contributed by atoms with Gasteiger partial charge in [0.2, 0.25) is 5.89 Å². The molecule has 0 aliphatic heterocycles. The zero-order chi connectivity index (χ0) is 23.9. The highest BCUT2D eigenvalue weighted by Crippen LogP contribution is 2.19. The fourth-order valence-electron chi connectivity index (χ4n) is 3.64. The molecule has 0 fully saturated rings. The van der Waals surface area contributed by atoms with Crippen LogP contribution >= 0.6 is 0 Å². The molecule has 3 aromatic heterocycles. The van der Waals surface area contributed by atoms with E-state index in [0.717, 1.165) is 47.6 Å². The Kier molecular flexibility index (Phi) is 6.75. The Morgan fingerprint density at radius 3 is 2.66 bits per heavy atom. The van der Waals surface area contributed by atoms with Crippen molar-refractivity contribution >= 4 is 12.2 Å². The minimum Gasteiger partial charge on any atom is -0.487 e. The van der Waals surface area contributed by atoms with E-state index < -0.39 is 0 Å². The van der Waals surface area contributed by atoms with Gasteiger partial charge in [-0.3, -0.25) is 4.68 Å². The maximum absolute atomic E-state index is 5.88. The Labute approximate surface area is 202 Å². The average Bonchev–Trinajstić information content (AvgIpc) is 3.66. The SMILES string of the molecule is Cc1ccc(/C=C/c2nc(COc3ccc(CCCn4ccnn4)cc3)co2)c(-n2nccn2)c1. The molecule has 176 valence electrons. The Balaban J connectivity index is 1.15. The lowest BCUT2D eigenvalue weighted by atomic mass is 10.1. The van der Waals surface area contributed by atoms with Crippen LogP contribution in [-0.4, -0.2) is 35.0 Å². The third-order valence-corrected chi connectivity index (χ3v) is 5.43. The highest BCUT2D eigenvalue weighted by atomic mass is 16.5. The second-order valence-corrected chi connectivity index (χ2v) is 8.09. The predicted octanol–water partition coefficient (Wildman–Crippen LogP) is 4.54. The summed E-state index contributed by atoms with van der Waals surface area (Å²) >= 11 is 0. The Morgan fingerprint density at radius 2 is 1.86 bits per heavy atom. The zero-order valence-corrected chi connectivity index (χ0v) is 19.4. The average molecular weight is 468 g/mol. The summed E-state index contributed by atoms with van der Waals surface area (Å²) in [5.41, 5.74) is 4.96. The van der Waals surface area contributed by atoms with Crippen LogP contribution in [0, 0.1) is 6.92 Å². The van der Waals surface area contributed by atoms with E-state index in [1.165, 1.54) is 5.56 Å². The standard InChI is InChI=1S/C26H25N7O2/c1-20-4-7-22(25(17-20)33-28-12-13-29-33)8-11-26-30-23(19-35-26)18-34-24-9-5-21(6-10-24)3-2-15-32-16-14-27-31-32/h4-14,16-17,19H,2-3,15,18H2,1H3/b11-8+. The number of rotatable bonds is 10. The second kappa shape index (κ2) is 10.6. The van der Waals surface area contributed by atoms with E-state index in [1.54, 1.807) is 29.7 Å². The molecule has 0 radical (unpaired) electrons. The molecule has 0 bridgehead atoms. The number of hydrogen-bond acceptors (Lipinski definition) is 7. The van der Waals surface area contributed by atoms with Gasteiger partial charge in [0.1, 0.15) is 24.3 Å². The van der Waals surface area contributed by atoms with Gasteiger partial charge in [-0.15, -0.1) is 5.10 Å². The van der Waals surface area contributed by atoms with Crippen molar-refractivity contribution in [1.29, 1.82) is 0 Å². The highest BCUT2D eigenvalue weighted by Gasteiger charge is 2.07. The molecule has 0 unspecified atom stereocenters. The fourth-order valence-corrected chi connectivity index (χ4v) is 3.64. The molecule has 0 aliphatic carbocycles. The van der Waals surface area contributed by atoms with Crippen LogP contribution in [0.3, 0.4) is 0 Å². The molecule has 0 amide bonds. The third kappa shape index (κ3) is 5.89. The molecule has 0 spiro atoms. The van der Waals surface area contributed by atoms with Crippen molar-refractivity contribution in [3.63, 3.8) is 0 Å². The van der Waals surface area contributed by atoms with E-state index in [0.29, 0.717) is 12.5 Å². The van der Waals surface area contributed by atoms with E-state index in [4.69, 9.17) is 9.15 Å². The first kappa shape index (κ1) is 22.3. The number of aryl methyl sites for hydroxylation is 3. The molecule has 9 nitrogen and oxygen atoms in total. The van der Waals surface area contributed by atoms with Gasteiger partial charge in [-0.1, -0.05) is 29.5 Å². The molecular weight excluding hydrogens is 442 g/mol. The number of aromatic nitrogens is 7. The third-order valence-electron chi connectivity index (χ3n) is 5.43. The van der Waals surface area contributed by atoms with Crippen LogP contribution in [-0.2, 0) is 19.6 Å². The summed E-state index contributed by atoms with van der Waals surface area (Å²) in [6, 6.07) is 14.2. The zero-order valence-electron chi connectivity index (χ0n) is 19.4. The van der Waals surface area contributed by atoms with Gasteiger partial charge in [0.25, 0.3) is 0 Å². The van der Waals surface area contributed by atoms with Crippen molar-refractivity contribution in [2.24, 2.45) is 0 Å². The summed E-state index contributed by atoms with van der Waals surface area (Å²) in [7, 11) is 0. The lowest BCUT2D eigenvalue weighted by Gasteiger charge is -2.06. The van der Waals surface area contributed by atoms with Crippen molar-refractivity contribution < 1.29 is 9.15 Å². The van der Waals surface area contributed by atoms with Gasteiger partial charge in [0, 0.05) is 24.4 Å². The minimum absolute atomic E-state index is 0.329. The summed E-state index contributed by atoms with van der Waals surface area (Å²) in [5.74, 6) is 1.30. The van der Waals surface area contributed by atoms with Crippen LogP contribution < -0.4 is 4.74 Å². The quantitative estimate of drug-likeness (QED) is 0.297. The fraction of sp³-hybridized carbons (Fsp3) is 0.192. The van der Waals surface area contributed by atoms with E-state index in [2.05, 4.69) is 37.6 Å². The summed E-state index contributed by atoms with van der Waals surface area (Å²) in [6.07, 6.45) is 14.2. The van der Waals surface area contributed by atoms with Crippen LogP contribution in [0.4, 0.5) is 0 Å². The summed E-state index contributed by atoms with van der Waals surface area (Å²) < 4.78 is 13.3. The van der Waals surface area contributed by atoms with Crippen LogP contribution in [0.5, 0.6) is 5.75 Å². The molecule has 0 saturated carbocycles. The summed E-state index contributed by atoms with van der Waals surface area (Å²) in [6.45, 7) is 3.22. The van der Waals surface area contributed by atoms with Gasteiger partial charge >= 0.3 is 0 Å². The number of oxazole rings is 1. The van der Waals surface area contributed by atoms with Crippen LogP contribution in [0.1, 0.15) is 34.7 Å². The Bertz CT molecular complexity index is 1370. The molecule has 0 atom stereocenters. The molecule has 2 aromatic carbocycles. The smallest absolute Gasteiger partial charge is 0.218 e. The first-order valence-electron chi connectivity index (χ1n) is 11.4. The van der Waals surface area contributed by atoms with Crippen LogP contribution in [0.25, 0.3) is 17.8 Å². The van der Waals surface area contributed by atoms with Crippen molar-refractivity contribution in [3.8, 4) is 11.4 Å². The number of nitrogens with zero attached hydrogens (tertiary/aromatic N) is 7. The van der Waals surface area contributed by atoms with Crippen molar-refractivity contribution in [2.45, 2.75) is 32.9 Å². The van der Waals surface area contributed by atoms with E-state index in [-0.39, 0.29) is 0 Å². The molecule has 5 rings (SSSR count). The topological polar surface area (TPSA) is 96.7 Å². The monoisotopic (exact) mass is 467 g/mol. The maximum Gasteiger partial charge on any atom is 0.218 e. The predicted molar refractivity (Wildman–Crippen MR) is 131 cm³/mol. The first-order valence-corrected chi connectivity index (χ1v) is 11.4. The molecule has 0 N–H and O–H groups in total. The van der Waals surface area contributed by atoms with Gasteiger partial charge in [-0.05, 0) is 55.2 Å². The Hall–Kier alpha value is -4.53. The summed E-state index contributed by atoms with van der Waals surface area (Å²) in [5, 5.41) is 16.3. The van der Waals surface area contributed by atoms with Crippen molar-refractivity contribution in [1.82, 2.24) is 35.0 Å². The molecule has 9 heteroatoms. The van der Waals surface area contributed by atoms with Gasteiger partial charge in [0.15, 0.2) is 0 Å². The van der Waals surface area contributed by atoms with Crippen molar-refractivity contribution in [2.75, 3.05) is 0 Å².